The topological polar surface area (TPSA) is 40.5 Å². The van der Waals surface area contributed by atoms with E-state index in [1.807, 2.05) is 19.1 Å². The van der Waals surface area contributed by atoms with E-state index in [-0.39, 0.29) is 6.10 Å². The van der Waals surface area contributed by atoms with Crippen molar-refractivity contribution in [1.29, 1.82) is 0 Å². The van der Waals surface area contributed by atoms with Gasteiger partial charge in [0.05, 0.1) is 16.0 Å². The zero-order valence-corrected chi connectivity index (χ0v) is 8.83. The van der Waals surface area contributed by atoms with Crippen LogP contribution in [0.2, 0.25) is 0 Å². The minimum absolute atomic E-state index is 0.239. The SMILES string of the molecule is CC1CN(c2ccc(C=O)s2)CC1O. The van der Waals surface area contributed by atoms with E-state index in [0.717, 1.165) is 22.7 Å². The van der Waals surface area contributed by atoms with Gasteiger partial charge in [0.15, 0.2) is 6.29 Å². The Morgan fingerprint density at radius 2 is 2.36 bits per heavy atom. The fraction of sp³-hybridized carbons (Fsp3) is 0.500. The number of aliphatic hydroxyl groups excluding tert-OH is 1. The van der Waals surface area contributed by atoms with Crippen LogP contribution in [0.1, 0.15) is 16.6 Å². The maximum absolute atomic E-state index is 10.5. The Balaban J connectivity index is 2.12. The first-order chi connectivity index (χ1) is 6.70. The molecule has 1 aromatic heterocycles. The molecule has 2 heterocycles. The van der Waals surface area contributed by atoms with Gasteiger partial charge >= 0.3 is 0 Å². The number of rotatable bonds is 2. The number of aliphatic hydroxyl groups is 1. The second-order valence-electron chi connectivity index (χ2n) is 3.74. The Labute approximate surface area is 87.0 Å². The number of nitrogens with zero attached hydrogens (tertiary/aromatic N) is 1. The molecule has 1 aromatic rings. The highest BCUT2D eigenvalue weighted by atomic mass is 32.1. The van der Waals surface area contributed by atoms with Gasteiger partial charge in [0.2, 0.25) is 0 Å². The van der Waals surface area contributed by atoms with E-state index >= 15 is 0 Å². The van der Waals surface area contributed by atoms with Gasteiger partial charge in [-0.25, -0.2) is 0 Å². The Bertz CT molecular complexity index is 327. The maximum atomic E-state index is 10.5. The van der Waals surface area contributed by atoms with Gasteiger partial charge in [-0.3, -0.25) is 4.79 Å². The third kappa shape index (κ3) is 1.67. The highest BCUT2D eigenvalue weighted by molar-refractivity contribution is 7.17. The molecule has 0 aromatic carbocycles. The van der Waals surface area contributed by atoms with E-state index in [1.54, 1.807) is 0 Å². The molecule has 2 unspecified atom stereocenters. The molecule has 1 saturated heterocycles. The van der Waals surface area contributed by atoms with E-state index in [2.05, 4.69) is 4.90 Å². The van der Waals surface area contributed by atoms with Crippen LogP contribution in [0, 0.1) is 5.92 Å². The molecule has 0 saturated carbocycles. The Hall–Kier alpha value is -0.870. The lowest BCUT2D eigenvalue weighted by molar-refractivity contribution is 0.112. The normalized spacial score (nSPS) is 26.9. The zero-order chi connectivity index (χ0) is 10.1. The van der Waals surface area contributed by atoms with Crippen LogP contribution in [0.3, 0.4) is 0 Å². The number of thiophene rings is 1. The standard InChI is InChI=1S/C10H13NO2S/c1-7-4-11(5-9(7)13)10-3-2-8(6-12)14-10/h2-3,6-7,9,13H,4-5H2,1H3. The van der Waals surface area contributed by atoms with E-state index in [1.165, 1.54) is 11.3 Å². The monoisotopic (exact) mass is 211 g/mol. The van der Waals surface area contributed by atoms with Crippen molar-refractivity contribution < 1.29 is 9.90 Å². The van der Waals surface area contributed by atoms with E-state index in [4.69, 9.17) is 0 Å². The number of anilines is 1. The molecule has 1 aliphatic heterocycles. The highest BCUT2D eigenvalue weighted by Gasteiger charge is 2.28. The predicted molar refractivity (Wildman–Crippen MR) is 57.1 cm³/mol. The summed E-state index contributed by atoms with van der Waals surface area (Å²) in [6.45, 7) is 3.60. The van der Waals surface area contributed by atoms with E-state index in [0.29, 0.717) is 12.5 Å². The van der Waals surface area contributed by atoms with Gasteiger partial charge < -0.3 is 10.0 Å². The average Bonchev–Trinajstić information content (AvgIpc) is 2.74. The molecule has 2 atom stereocenters. The number of hydrogen-bond acceptors (Lipinski definition) is 4. The van der Waals surface area contributed by atoms with Crippen LogP contribution in [0.4, 0.5) is 5.00 Å². The molecule has 1 aliphatic rings. The van der Waals surface area contributed by atoms with Gasteiger partial charge in [0.25, 0.3) is 0 Å². The van der Waals surface area contributed by atoms with Crippen LogP contribution in [-0.2, 0) is 0 Å². The Kier molecular flexibility index (Phi) is 2.56. The molecule has 3 nitrogen and oxygen atoms in total. The number of β-amino-alcohol motifs (C(OH)–C–C–N with tert-alkyl or cyclic N) is 1. The zero-order valence-electron chi connectivity index (χ0n) is 8.01. The minimum atomic E-state index is -0.239. The molecule has 0 spiro atoms. The van der Waals surface area contributed by atoms with Crippen molar-refractivity contribution in [2.24, 2.45) is 5.92 Å². The second kappa shape index (κ2) is 3.71. The molecule has 1 fully saturated rings. The first-order valence-corrected chi connectivity index (χ1v) is 5.50. The summed E-state index contributed by atoms with van der Waals surface area (Å²) in [6, 6.07) is 3.77. The summed E-state index contributed by atoms with van der Waals surface area (Å²) in [7, 11) is 0. The molecule has 4 heteroatoms. The fourth-order valence-corrected chi connectivity index (χ4v) is 2.54. The second-order valence-corrected chi connectivity index (χ2v) is 4.84. The summed E-state index contributed by atoms with van der Waals surface area (Å²) >= 11 is 1.48. The van der Waals surface area contributed by atoms with Crippen LogP contribution in [0.15, 0.2) is 12.1 Å². The third-order valence-electron chi connectivity index (χ3n) is 2.61. The molecule has 76 valence electrons. The van der Waals surface area contributed by atoms with Crippen LogP contribution in [0.5, 0.6) is 0 Å². The first-order valence-electron chi connectivity index (χ1n) is 4.68. The summed E-state index contributed by atoms with van der Waals surface area (Å²) in [4.78, 5) is 13.4. The molecular formula is C10H13NO2S. The molecule has 14 heavy (non-hydrogen) atoms. The van der Waals surface area contributed by atoms with Crippen molar-refractivity contribution in [2.45, 2.75) is 13.0 Å². The summed E-state index contributed by atoms with van der Waals surface area (Å²) in [5, 5.41) is 10.7. The fourth-order valence-electron chi connectivity index (χ4n) is 1.71. The maximum Gasteiger partial charge on any atom is 0.160 e. The van der Waals surface area contributed by atoms with E-state index < -0.39 is 0 Å². The van der Waals surface area contributed by atoms with Gasteiger partial charge in [-0.15, -0.1) is 11.3 Å². The highest BCUT2D eigenvalue weighted by Crippen LogP contribution is 2.29. The van der Waals surface area contributed by atoms with Crippen molar-refractivity contribution in [3.05, 3.63) is 17.0 Å². The lowest BCUT2D eigenvalue weighted by Crippen LogP contribution is -2.19. The summed E-state index contributed by atoms with van der Waals surface area (Å²) < 4.78 is 0. The van der Waals surface area contributed by atoms with Crippen LogP contribution in [0.25, 0.3) is 0 Å². The third-order valence-corrected chi connectivity index (χ3v) is 3.68. The number of carbonyl (C=O) groups is 1. The van der Waals surface area contributed by atoms with Crippen molar-refractivity contribution in [3.63, 3.8) is 0 Å². The number of aldehydes is 1. The first kappa shape index (κ1) is 9.68. The average molecular weight is 211 g/mol. The smallest absolute Gasteiger partial charge is 0.160 e. The molecule has 2 rings (SSSR count). The summed E-state index contributed by atoms with van der Waals surface area (Å²) in [6.07, 6.45) is 0.626. The largest absolute Gasteiger partial charge is 0.391 e. The minimum Gasteiger partial charge on any atom is -0.391 e. The molecule has 0 amide bonds. The summed E-state index contributed by atoms with van der Waals surface area (Å²) in [5.74, 6) is 0.316. The predicted octanol–water partition coefficient (Wildman–Crippen LogP) is 1.38. The Morgan fingerprint density at radius 1 is 1.57 bits per heavy atom. The van der Waals surface area contributed by atoms with Crippen molar-refractivity contribution >= 4 is 22.6 Å². The van der Waals surface area contributed by atoms with Crippen molar-refractivity contribution in [2.75, 3.05) is 18.0 Å². The van der Waals surface area contributed by atoms with Crippen molar-refractivity contribution in [3.8, 4) is 0 Å². The van der Waals surface area contributed by atoms with Gasteiger partial charge in [-0.1, -0.05) is 6.92 Å². The van der Waals surface area contributed by atoms with Gasteiger partial charge in [-0.2, -0.15) is 0 Å². The summed E-state index contributed by atoms with van der Waals surface area (Å²) in [5.41, 5.74) is 0. The van der Waals surface area contributed by atoms with Gasteiger partial charge in [0, 0.05) is 19.0 Å². The lowest BCUT2D eigenvalue weighted by atomic mass is 10.1. The molecule has 0 bridgehead atoms. The Morgan fingerprint density at radius 3 is 2.86 bits per heavy atom. The van der Waals surface area contributed by atoms with Gasteiger partial charge in [-0.05, 0) is 12.1 Å². The van der Waals surface area contributed by atoms with Crippen LogP contribution in [-0.4, -0.2) is 30.6 Å². The molecule has 0 aliphatic carbocycles. The number of hydrogen-bond donors (Lipinski definition) is 1. The van der Waals surface area contributed by atoms with Crippen LogP contribution < -0.4 is 4.90 Å². The molecular weight excluding hydrogens is 198 g/mol. The lowest BCUT2D eigenvalue weighted by Gasteiger charge is -2.14. The van der Waals surface area contributed by atoms with Gasteiger partial charge in [0.1, 0.15) is 0 Å². The molecule has 0 radical (unpaired) electrons. The molecule has 1 N–H and O–H groups in total. The van der Waals surface area contributed by atoms with Crippen molar-refractivity contribution in [1.82, 2.24) is 0 Å². The number of carbonyl (C=O) groups excluding carboxylic acids is 1. The quantitative estimate of drug-likeness (QED) is 0.751. The van der Waals surface area contributed by atoms with Crippen LogP contribution >= 0.6 is 11.3 Å². The van der Waals surface area contributed by atoms with E-state index in [9.17, 15) is 9.90 Å².